The van der Waals surface area contributed by atoms with Gasteiger partial charge in [0.25, 0.3) is 0 Å². The molecule has 0 heterocycles. The van der Waals surface area contributed by atoms with E-state index in [2.05, 4.69) is 11.7 Å². The average molecular weight is 265 g/mol. The summed E-state index contributed by atoms with van der Waals surface area (Å²) < 4.78 is 0. The number of nitrogens with zero attached hydrogens (tertiary/aromatic N) is 1. The smallest absolute Gasteiger partial charge is 0.149 e. The molecule has 106 valence electrons. The lowest BCUT2D eigenvalue weighted by atomic mass is 9.70. The van der Waals surface area contributed by atoms with E-state index in [1.165, 1.54) is 0 Å². The van der Waals surface area contributed by atoms with Crippen molar-refractivity contribution in [3.63, 3.8) is 0 Å². The molecular formula is C15H23NO3. The Morgan fingerprint density at radius 3 is 2.47 bits per heavy atom. The molecule has 0 radical (unpaired) electrons. The first-order valence-electron chi connectivity index (χ1n) is 6.76. The second kappa shape index (κ2) is 6.64. The van der Waals surface area contributed by atoms with Crippen molar-refractivity contribution in [1.82, 2.24) is 0 Å². The Bertz CT molecular complexity index is 376. The first kappa shape index (κ1) is 15.6. The van der Waals surface area contributed by atoms with Crippen LogP contribution >= 0.6 is 0 Å². The molecule has 1 fully saturated rings. The molecule has 0 N–H and O–H groups in total. The van der Waals surface area contributed by atoms with Crippen molar-refractivity contribution in [2.45, 2.75) is 46.5 Å². The highest BCUT2D eigenvalue weighted by molar-refractivity contribution is 6.22. The van der Waals surface area contributed by atoms with E-state index in [1.54, 1.807) is 6.08 Å². The molecule has 0 aromatic rings. The van der Waals surface area contributed by atoms with Crippen molar-refractivity contribution in [3.05, 3.63) is 12.7 Å². The molecule has 0 aromatic heterocycles. The van der Waals surface area contributed by atoms with Crippen LogP contribution < -0.4 is 0 Å². The lowest BCUT2D eigenvalue weighted by Crippen LogP contribution is -2.41. The quantitative estimate of drug-likeness (QED) is 0.244. The van der Waals surface area contributed by atoms with E-state index in [9.17, 15) is 9.59 Å². The zero-order valence-corrected chi connectivity index (χ0v) is 12.1. The number of Topliss-reactive ketones (excluding diaryl/α,β-unsaturated/α-hetero) is 2. The molecule has 0 amide bonds. The van der Waals surface area contributed by atoms with Crippen LogP contribution in [0.15, 0.2) is 17.8 Å². The third kappa shape index (κ3) is 4.30. The normalized spacial score (nSPS) is 20.5. The molecule has 0 aliphatic heterocycles. The van der Waals surface area contributed by atoms with Crippen molar-refractivity contribution < 1.29 is 14.4 Å². The van der Waals surface area contributed by atoms with Crippen molar-refractivity contribution in [2.75, 3.05) is 6.61 Å². The highest BCUT2D eigenvalue weighted by Crippen LogP contribution is 2.34. The highest BCUT2D eigenvalue weighted by atomic mass is 16.6. The molecule has 4 nitrogen and oxygen atoms in total. The maximum atomic E-state index is 12.2. The molecule has 0 unspecified atom stereocenters. The Morgan fingerprint density at radius 2 is 2.00 bits per heavy atom. The van der Waals surface area contributed by atoms with Gasteiger partial charge in [0.15, 0.2) is 0 Å². The number of carbonyl (C=O) groups is 2. The van der Waals surface area contributed by atoms with Crippen LogP contribution in [0.1, 0.15) is 46.5 Å². The fraction of sp³-hybridized carbons (Fsp3) is 0.667. The summed E-state index contributed by atoms with van der Waals surface area (Å²) in [6.07, 6.45) is 3.87. The van der Waals surface area contributed by atoms with E-state index in [0.29, 0.717) is 25.0 Å². The van der Waals surface area contributed by atoms with Crippen LogP contribution in [0.4, 0.5) is 0 Å². The largest absolute Gasteiger partial charge is 0.392 e. The van der Waals surface area contributed by atoms with Crippen LogP contribution in [-0.2, 0) is 14.4 Å². The summed E-state index contributed by atoms with van der Waals surface area (Å²) >= 11 is 0. The Balaban J connectivity index is 2.89. The van der Waals surface area contributed by atoms with Crippen LogP contribution in [0.25, 0.3) is 0 Å². The minimum atomic E-state index is -0.696. The summed E-state index contributed by atoms with van der Waals surface area (Å²) in [6, 6.07) is 0. The monoisotopic (exact) mass is 265 g/mol. The Labute approximate surface area is 114 Å². The van der Waals surface area contributed by atoms with Gasteiger partial charge in [-0.25, -0.2) is 0 Å². The minimum absolute atomic E-state index is 0.0318. The molecule has 0 spiro atoms. The third-order valence-electron chi connectivity index (χ3n) is 3.16. The van der Waals surface area contributed by atoms with Crippen LogP contribution in [-0.4, -0.2) is 23.9 Å². The van der Waals surface area contributed by atoms with Gasteiger partial charge in [0.2, 0.25) is 0 Å². The standard InChI is InChI=1S/C15H23NO3/c1-5-7-11(16-19-8-6-2)14-12(17)9-15(3,4)10-13(14)18/h6,14H,2,5,7-10H2,1,3-4H3/b16-11+. The minimum Gasteiger partial charge on any atom is -0.392 e. The summed E-state index contributed by atoms with van der Waals surface area (Å²) in [5, 5.41) is 3.98. The van der Waals surface area contributed by atoms with Gasteiger partial charge in [0, 0.05) is 12.8 Å². The van der Waals surface area contributed by atoms with Crippen molar-refractivity contribution in [3.8, 4) is 0 Å². The first-order valence-corrected chi connectivity index (χ1v) is 6.76. The predicted molar refractivity (Wildman–Crippen MR) is 75.0 cm³/mol. The lowest BCUT2D eigenvalue weighted by molar-refractivity contribution is -0.136. The van der Waals surface area contributed by atoms with Crippen molar-refractivity contribution in [1.29, 1.82) is 0 Å². The summed E-state index contributed by atoms with van der Waals surface area (Å²) in [6.45, 7) is 9.71. The molecule has 0 bridgehead atoms. The van der Waals surface area contributed by atoms with E-state index in [0.717, 1.165) is 6.42 Å². The maximum Gasteiger partial charge on any atom is 0.149 e. The van der Waals surface area contributed by atoms with Crippen LogP contribution in [0.3, 0.4) is 0 Å². The summed E-state index contributed by atoms with van der Waals surface area (Å²) in [7, 11) is 0. The van der Waals surface area contributed by atoms with Crippen molar-refractivity contribution in [2.24, 2.45) is 16.5 Å². The van der Waals surface area contributed by atoms with E-state index < -0.39 is 5.92 Å². The van der Waals surface area contributed by atoms with Gasteiger partial charge in [0.1, 0.15) is 24.1 Å². The Hall–Kier alpha value is -1.45. The van der Waals surface area contributed by atoms with Gasteiger partial charge >= 0.3 is 0 Å². The fourth-order valence-electron chi connectivity index (χ4n) is 2.43. The number of hydrogen-bond acceptors (Lipinski definition) is 4. The molecule has 0 saturated heterocycles. The summed E-state index contributed by atoms with van der Waals surface area (Å²) in [5.41, 5.74) is 0.332. The molecule has 1 aliphatic rings. The van der Waals surface area contributed by atoms with Gasteiger partial charge < -0.3 is 4.84 Å². The van der Waals surface area contributed by atoms with Crippen LogP contribution in [0, 0.1) is 11.3 Å². The Morgan fingerprint density at radius 1 is 1.42 bits per heavy atom. The van der Waals surface area contributed by atoms with E-state index >= 15 is 0 Å². The van der Waals surface area contributed by atoms with Crippen LogP contribution in [0.2, 0.25) is 0 Å². The summed E-state index contributed by atoms with van der Waals surface area (Å²) in [4.78, 5) is 29.4. The van der Waals surface area contributed by atoms with E-state index in [1.807, 2.05) is 20.8 Å². The molecule has 19 heavy (non-hydrogen) atoms. The molecule has 4 heteroatoms. The predicted octanol–water partition coefficient (Wildman–Crippen LogP) is 2.92. The SMILES string of the molecule is C=CCO/N=C(\CCC)C1C(=O)CC(C)(C)CC1=O. The van der Waals surface area contributed by atoms with Crippen LogP contribution in [0.5, 0.6) is 0 Å². The molecule has 1 aliphatic carbocycles. The molecular weight excluding hydrogens is 242 g/mol. The van der Waals surface area contributed by atoms with Gasteiger partial charge in [0.05, 0.1) is 5.71 Å². The third-order valence-corrected chi connectivity index (χ3v) is 3.16. The van der Waals surface area contributed by atoms with Gasteiger partial charge in [-0.1, -0.05) is 45.0 Å². The molecule has 1 rings (SSSR count). The highest BCUT2D eigenvalue weighted by Gasteiger charge is 2.42. The second-order valence-corrected chi connectivity index (χ2v) is 5.80. The number of carbonyl (C=O) groups excluding carboxylic acids is 2. The maximum absolute atomic E-state index is 12.2. The zero-order valence-electron chi connectivity index (χ0n) is 12.1. The second-order valence-electron chi connectivity index (χ2n) is 5.80. The topological polar surface area (TPSA) is 55.7 Å². The Kier molecular flexibility index (Phi) is 5.45. The number of hydrogen-bond donors (Lipinski definition) is 0. The number of ketones is 2. The molecule has 1 saturated carbocycles. The van der Waals surface area contributed by atoms with Gasteiger partial charge in [-0.05, 0) is 11.8 Å². The fourth-order valence-corrected chi connectivity index (χ4v) is 2.43. The molecule has 0 aromatic carbocycles. The zero-order chi connectivity index (χ0) is 14.5. The van der Waals surface area contributed by atoms with E-state index in [-0.39, 0.29) is 23.6 Å². The first-order chi connectivity index (χ1) is 8.91. The summed E-state index contributed by atoms with van der Waals surface area (Å²) in [5.74, 6) is -0.760. The molecule has 0 atom stereocenters. The van der Waals surface area contributed by atoms with Gasteiger partial charge in [-0.15, -0.1) is 0 Å². The number of rotatable bonds is 6. The van der Waals surface area contributed by atoms with E-state index in [4.69, 9.17) is 4.84 Å². The van der Waals surface area contributed by atoms with Gasteiger partial charge in [-0.3, -0.25) is 9.59 Å². The average Bonchev–Trinajstić information content (AvgIpc) is 2.26. The lowest BCUT2D eigenvalue weighted by Gasteiger charge is -2.32. The van der Waals surface area contributed by atoms with Gasteiger partial charge in [-0.2, -0.15) is 0 Å². The van der Waals surface area contributed by atoms with Crippen molar-refractivity contribution >= 4 is 17.3 Å². The number of oxime groups is 1.